The van der Waals surface area contributed by atoms with Crippen LogP contribution < -0.4 is 0 Å². The van der Waals surface area contributed by atoms with Crippen molar-refractivity contribution in [1.29, 1.82) is 0 Å². The second-order valence-corrected chi connectivity index (χ2v) is 10.8. The van der Waals surface area contributed by atoms with Crippen LogP contribution in [0.2, 0.25) is 0 Å². The monoisotopic (exact) mass is 532 g/mol. The fraction of sp³-hybridized carbons (Fsp3) is 0.278. The van der Waals surface area contributed by atoms with Crippen LogP contribution in [0.15, 0.2) is 94.9 Å². The van der Waals surface area contributed by atoms with Gasteiger partial charge < -0.3 is 9.47 Å². The van der Waals surface area contributed by atoms with Crippen molar-refractivity contribution in [3.05, 3.63) is 118 Å². The van der Waals surface area contributed by atoms with Gasteiger partial charge in [0.2, 0.25) is 11.8 Å². The van der Waals surface area contributed by atoms with E-state index < -0.39 is 0 Å². The molecule has 0 aliphatic heterocycles. The van der Waals surface area contributed by atoms with Crippen LogP contribution in [0.5, 0.6) is 0 Å². The number of para-hydroxylation sites is 2. The normalized spacial score (nSPS) is 12.2. The first-order valence-corrected chi connectivity index (χ1v) is 14.0. The fourth-order valence-electron chi connectivity index (χ4n) is 4.54. The fourth-order valence-corrected chi connectivity index (χ4v) is 4.54. The lowest BCUT2D eigenvalue weighted by molar-refractivity contribution is 0.229. The Labute approximate surface area is 239 Å². The zero-order valence-electron chi connectivity index (χ0n) is 24.9. The summed E-state index contributed by atoms with van der Waals surface area (Å²) < 4.78 is 12.3. The Morgan fingerprint density at radius 2 is 0.775 bits per heavy atom. The van der Waals surface area contributed by atoms with Crippen molar-refractivity contribution >= 4 is 23.2 Å². The molecule has 4 rings (SSSR count). The van der Waals surface area contributed by atoms with E-state index >= 15 is 0 Å². The highest BCUT2D eigenvalue weighted by Gasteiger charge is 2.13. The van der Waals surface area contributed by atoms with Crippen LogP contribution in [0.1, 0.15) is 61.1 Å². The Kier molecular flexibility index (Phi) is 9.21. The maximum atomic E-state index is 6.16. The van der Waals surface area contributed by atoms with Gasteiger partial charge in [-0.3, -0.25) is 0 Å². The minimum absolute atomic E-state index is 0.0164. The number of nitrogens with zero attached hydrogens (tertiary/aromatic N) is 2. The highest BCUT2D eigenvalue weighted by molar-refractivity contribution is 5.98. The molecule has 0 aliphatic carbocycles. The van der Waals surface area contributed by atoms with Crippen molar-refractivity contribution in [2.45, 2.75) is 67.6 Å². The minimum Gasteiger partial charge on any atom is -0.475 e. The lowest BCUT2D eigenvalue weighted by atomic mass is 10.0. The van der Waals surface area contributed by atoms with Crippen molar-refractivity contribution in [3.63, 3.8) is 0 Å². The number of hydrogen-bond acceptors (Lipinski definition) is 4. The summed E-state index contributed by atoms with van der Waals surface area (Å²) in [5.41, 5.74) is 10.6. The van der Waals surface area contributed by atoms with Crippen molar-refractivity contribution in [3.8, 4) is 11.1 Å². The first kappa shape index (κ1) is 28.8. The molecule has 4 heteroatoms. The summed E-state index contributed by atoms with van der Waals surface area (Å²) >= 11 is 0. The van der Waals surface area contributed by atoms with E-state index in [9.17, 15) is 0 Å². The Bertz CT molecular complexity index is 1350. The molecule has 0 saturated heterocycles. The van der Waals surface area contributed by atoms with Crippen LogP contribution in [-0.2, 0) is 9.47 Å². The molecule has 206 valence electrons. The average molecular weight is 533 g/mol. The maximum absolute atomic E-state index is 6.16. The summed E-state index contributed by atoms with van der Waals surface area (Å²) in [7, 11) is 0. The van der Waals surface area contributed by atoms with E-state index in [2.05, 4.69) is 113 Å². The van der Waals surface area contributed by atoms with Crippen LogP contribution in [0.25, 0.3) is 11.1 Å². The SMILES string of the molecule is Cc1cccc(C)c1N=C(OC(C)C)c1ccc(-c2ccc(C(=Nc3c(C)cccc3C)OC(C)C)cc2)cc1. The van der Waals surface area contributed by atoms with E-state index in [1.54, 1.807) is 0 Å². The Balaban J connectivity index is 1.64. The third kappa shape index (κ3) is 7.06. The molecule has 0 fully saturated rings. The van der Waals surface area contributed by atoms with Crippen LogP contribution in [0.3, 0.4) is 0 Å². The molecule has 0 bridgehead atoms. The summed E-state index contributed by atoms with van der Waals surface area (Å²) in [6.45, 7) is 16.4. The number of benzene rings is 4. The van der Waals surface area contributed by atoms with E-state index in [1.165, 1.54) is 0 Å². The highest BCUT2D eigenvalue weighted by Crippen LogP contribution is 2.28. The van der Waals surface area contributed by atoms with Gasteiger partial charge in [0.15, 0.2) is 0 Å². The van der Waals surface area contributed by atoms with Gasteiger partial charge in [0.1, 0.15) is 0 Å². The molecule has 0 aliphatic rings. The van der Waals surface area contributed by atoms with Crippen molar-refractivity contribution in [2.75, 3.05) is 0 Å². The van der Waals surface area contributed by atoms with Crippen LogP contribution in [-0.4, -0.2) is 24.0 Å². The van der Waals surface area contributed by atoms with Gasteiger partial charge in [0.05, 0.1) is 23.6 Å². The number of hydrogen-bond donors (Lipinski definition) is 0. The molecule has 0 spiro atoms. The molecule has 40 heavy (non-hydrogen) atoms. The van der Waals surface area contributed by atoms with E-state index in [4.69, 9.17) is 19.5 Å². The average Bonchev–Trinajstić information content (AvgIpc) is 2.91. The molecule has 0 saturated carbocycles. The molecule has 0 N–H and O–H groups in total. The zero-order chi connectivity index (χ0) is 28.8. The molecule has 4 nitrogen and oxygen atoms in total. The third-order valence-electron chi connectivity index (χ3n) is 6.60. The maximum Gasteiger partial charge on any atom is 0.221 e. The molecule has 0 aromatic heterocycles. The van der Waals surface area contributed by atoms with Crippen molar-refractivity contribution in [2.24, 2.45) is 9.98 Å². The summed E-state index contributed by atoms with van der Waals surface area (Å²) in [4.78, 5) is 9.88. The Hall–Kier alpha value is -4.18. The van der Waals surface area contributed by atoms with Crippen LogP contribution >= 0.6 is 0 Å². The van der Waals surface area contributed by atoms with Crippen molar-refractivity contribution in [1.82, 2.24) is 0 Å². The lowest BCUT2D eigenvalue weighted by Crippen LogP contribution is -2.13. The topological polar surface area (TPSA) is 43.2 Å². The largest absolute Gasteiger partial charge is 0.475 e. The molecule has 4 aromatic carbocycles. The molecule has 0 amide bonds. The predicted molar refractivity (Wildman–Crippen MR) is 169 cm³/mol. The van der Waals surface area contributed by atoms with Gasteiger partial charge >= 0.3 is 0 Å². The van der Waals surface area contributed by atoms with E-state index in [0.29, 0.717) is 11.8 Å². The smallest absolute Gasteiger partial charge is 0.221 e. The predicted octanol–water partition coefficient (Wildman–Crippen LogP) is 9.59. The summed E-state index contributed by atoms with van der Waals surface area (Å²) in [5, 5.41) is 0. The van der Waals surface area contributed by atoms with Gasteiger partial charge in [-0.15, -0.1) is 0 Å². The molecule has 0 heterocycles. The number of aliphatic imine (C=N–C) groups is 2. The first-order valence-electron chi connectivity index (χ1n) is 14.0. The molecule has 0 radical (unpaired) electrons. The molecule has 4 aromatic rings. The molecular weight excluding hydrogens is 492 g/mol. The molecule has 0 atom stereocenters. The number of rotatable bonds is 7. The van der Waals surface area contributed by atoms with Gasteiger partial charge in [-0.25, -0.2) is 9.98 Å². The highest BCUT2D eigenvalue weighted by atomic mass is 16.5. The van der Waals surface area contributed by atoms with E-state index in [0.717, 1.165) is 55.9 Å². The number of aryl methyl sites for hydroxylation is 4. The molecular formula is C36H40N2O2. The Morgan fingerprint density at radius 1 is 0.475 bits per heavy atom. The summed E-state index contributed by atoms with van der Waals surface area (Å²) in [5.74, 6) is 1.26. The Morgan fingerprint density at radius 3 is 1.05 bits per heavy atom. The molecule has 0 unspecified atom stereocenters. The second-order valence-electron chi connectivity index (χ2n) is 10.8. The first-order chi connectivity index (χ1) is 19.1. The van der Waals surface area contributed by atoms with E-state index in [-0.39, 0.29) is 12.2 Å². The quantitative estimate of drug-likeness (QED) is 0.176. The van der Waals surface area contributed by atoms with Crippen LogP contribution in [0.4, 0.5) is 11.4 Å². The zero-order valence-corrected chi connectivity index (χ0v) is 24.9. The van der Waals surface area contributed by atoms with Gasteiger partial charge in [-0.05, 0) is 113 Å². The minimum atomic E-state index is 0.0164. The van der Waals surface area contributed by atoms with Gasteiger partial charge in [0, 0.05) is 11.1 Å². The summed E-state index contributed by atoms with van der Waals surface area (Å²) in [6, 6.07) is 29.2. The van der Waals surface area contributed by atoms with Gasteiger partial charge in [-0.1, -0.05) is 60.7 Å². The second kappa shape index (κ2) is 12.8. The lowest BCUT2D eigenvalue weighted by Gasteiger charge is -2.15. The standard InChI is InChI=1S/C36H40N2O2/c1-23(2)39-35(37-33-25(5)11-9-12-26(33)6)31-19-15-29(16-20-31)30-17-21-32(22-18-30)36(40-24(3)4)38-34-27(7)13-10-14-28(34)8/h9-24H,1-8H3. The van der Waals surface area contributed by atoms with Crippen molar-refractivity contribution < 1.29 is 9.47 Å². The number of ether oxygens (including phenoxy) is 2. The van der Waals surface area contributed by atoms with Crippen LogP contribution in [0, 0.1) is 27.7 Å². The summed E-state index contributed by atoms with van der Waals surface area (Å²) in [6.07, 6.45) is 0.0327. The van der Waals surface area contributed by atoms with Gasteiger partial charge in [-0.2, -0.15) is 0 Å². The third-order valence-corrected chi connectivity index (χ3v) is 6.60. The van der Waals surface area contributed by atoms with Gasteiger partial charge in [0.25, 0.3) is 0 Å². The van der Waals surface area contributed by atoms with E-state index in [1.807, 2.05) is 27.7 Å².